The summed E-state index contributed by atoms with van der Waals surface area (Å²) in [6, 6.07) is 15.7. The molecule has 1 saturated carbocycles. The Morgan fingerprint density at radius 1 is 0.571 bits per heavy atom. The third kappa shape index (κ3) is 4.05. The predicted octanol–water partition coefficient (Wildman–Crippen LogP) is -0.105. The Morgan fingerprint density at radius 2 is 0.893 bits per heavy atom. The summed E-state index contributed by atoms with van der Waals surface area (Å²) in [6.07, 6.45) is -10.3. The van der Waals surface area contributed by atoms with Gasteiger partial charge in [-0.2, -0.15) is 0 Å². The molecule has 4 N–H and O–H groups in total. The van der Waals surface area contributed by atoms with Gasteiger partial charge in [-0.05, 0) is 24.3 Å². The summed E-state index contributed by atoms with van der Waals surface area (Å²) in [5.74, 6) is -1.69. The third-order valence-corrected chi connectivity index (χ3v) is 4.55. The van der Waals surface area contributed by atoms with Crippen LogP contribution >= 0.6 is 0 Å². The van der Waals surface area contributed by atoms with Gasteiger partial charge in [0.25, 0.3) is 0 Å². The van der Waals surface area contributed by atoms with Crippen LogP contribution in [0.4, 0.5) is 0 Å². The Bertz CT molecular complexity index is 740. The van der Waals surface area contributed by atoms with E-state index in [4.69, 9.17) is 9.47 Å². The average Bonchev–Trinajstić information content (AvgIpc) is 2.74. The average molecular weight is 388 g/mol. The SMILES string of the molecule is O=C(O[C@@H]1[C@H](O)[C@@H](O)[C@H](O)[C@@H](O)[C@@H]1OC(=O)c1ccccc1)c1ccccc1. The first-order chi connectivity index (χ1) is 13.4. The quantitative estimate of drug-likeness (QED) is 0.534. The second kappa shape index (κ2) is 8.49. The lowest BCUT2D eigenvalue weighted by Crippen LogP contribution is -2.65. The van der Waals surface area contributed by atoms with Crippen molar-refractivity contribution in [2.45, 2.75) is 36.6 Å². The predicted molar refractivity (Wildman–Crippen MR) is 95.3 cm³/mol. The number of benzene rings is 2. The molecular formula is C20H20O8. The molecule has 3 rings (SSSR count). The van der Waals surface area contributed by atoms with Gasteiger partial charge in [-0.25, -0.2) is 9.59 Å². The van der Waals surface area contributed by atoms with E-state index in [1.165, 1.54) is 24.3 Å². The van der Waals surface area contributed by atoms with E-state index in [9.17, 15) is 30.0 Å². The topological polar surface area (TPSA) is 134 Å². The van der Waals surface area contributed by atoms with Crippen molar-refractivity contribution in [3.8, 4) is 0 Å². The van der Waals surface area contributed by atoms with E-state index in [0.717, 1.165) is 0 Å². The second-order valence-corrected chi connectivity index (χ2v) is 6.43. The van der Waals surface area contributed by atoms with Crippen LogP contribution in [0, 0.1) is 0 Å². The molecule has 0 aliphatic heterocycles. The maximum Gasteiger partial charge on any atom is 0.338 e. The first kappa shape index (κ1) is 20.0. The summed E-state index contributed by atoms with van der Waals surface area (Å²) in [5.41, 5.74) is 0.330. The molecule has 2 aromatic rings. The van der Waals surface area contributed by atoms with E-state index in [1.54, 1.807) is 36.4 Å². The van der Waals surface area contributed by atoms with Crippen LogP contribution in [0.3, 0.4) is 0 Å². The van der Waals surface area contributed by atoms with Crippen molar-refractivity contribution in [2.24, 2.45) is 0 Å². The molecular weight excluding hydrogens is 368 g/mol. The molecule has 0 aromatic heterocycles. The van der Waals surface area contributed by atoms with Crippen molar-refractivity contribution in [3.05, 3.63) is 71.8 Å². The number of aliphatic hydroxyl groups is 4. The number of esters is 2. The molecule has 0 saturated heterocycles. The van der Waals surface area contributed by atoms with Crippen LogP contribution in [0.5, 0.6) is 0 Å². The van der Waals surface area contributed by atoms with Crippen LogP contribution in [-0.4, -0.2) is 69.0 Å². The van der Waals surface area contributed by atoms with Crippen molar-refractivity contribution in [2.75, 3.05) is 0 Å². The normalized spacial score (nSPS) is 29.7. The largest absolute Gasteiger partial charge is 0.452 e. The van der Waals surface area contributed by atoms with E-state index in [2.05, 4.69) is 0 Å². The molecule has 6 atom stereocenters. The van der Waals surface area contributed by atoms with Crippen molar-refractivity contribution >= 4 is 11.9 Å². The fourth-order valence-corrected chi connectivity index (χ4v) is 2.99. The fourth-order valence-electron chi connectivity index (χ4n) is 2.99. The molecule has 8 heteroatoms. The Morgan fingerprint density at radius 3 is 1.21 bits per heavy atom. The van der Waals surface area contributed by atoms with Gasteiger partial charge in [-0.1, -0.05) is 36.4 Å². The summed E-state index contributed by atoms with van der Waals surface area (Å²) < 4.78 is 10.5. The molecule has 0 bridgehead atoms. The van der Waals surface area contributed by atoms with Crippen molar-refractivity contribution in [1.29, 1.82) is 0 Å². The Kier molecular flexibility index (Phi) is 6.05. The van der Waals surface area contributed by atoms with Crippen LogP contribution in [0.15, 0.2) is 60.7 Å². The first-order valence-electron chi connectivity index (χ1n) is 8.64. The van der Waals surface area contributed by atoms with Gasteiger partial charge in [0, 0.05) is 0 Å². The lowest BCUT2D eigenvalue weighted by atomic mass is 9.84. The maximum absolute atomic E-state index is 12.4. The van der Waals surface area contributed by atoms with Gasteiger partial charge in [0.15, 0.2) is 12.2 Å². The van der Waals surface area contributed by atoms with Crippen molar-refractivity contribution in [1.82, 2.24) is 0 Å². The highest BCUT2D eigenvalue weighted by Gasteiger charge is 2.53. The van der Waals surface area contributed by atoms with E-state index in [0.29, 0.717) is 0 Å². The number of aliphatic hydroxyl groups excluding tert-OH is 4. The molecule has 1 fully saturated rings. The summed E-state index contributed by atoms with van der Waals surface area (Å²) in [5, 5.41) is 40.5. The van der Waals surface area contributed by atoms with Gasteiger partial charge in [0.2, 0.25) is 0 Å². The molecule has 0 amide bonds. The van der Waals surface area contributed by atoms with Crippen LogP contribution < -0.4 is 0 Å². The highest BCUT2D eigenvalue weighted by Crippen LogP contribution is 2.28. The Hall–Kier alpha value is -2.78. The molecule has 0 unspecified atom stereocenters. The molecule has 28 heavy (non-hydrogen) atoms. The number of hydrogen-bond acceptors (Lipinski definition) is 8. The van der Waals surface area contributed by atoms with Crippen LogP contribution in [0.2, 0.25) is 0 Å². The summed E-state index contributed by atoms with van der Waals surface area (Å²) in [6.45, 7) is 0. The minimum atomic E-state index is -1.80. The van der Waals surface area contributed by atoms with Crippen LogP contribution in [-0.2, 0) is 9.47 Å². The first-order valence-corrected chi connectivity index (χ1v) is 8.64. The molecule has 1 aliphatic carbocycles. The molecule has 0 spiro atoms. The van der Waals surface area contributed by atoms with Gasteiger partial charge in [-0.3, -0.25) is 0 Å². The number of ether oxygens (including phenoxy) is 2. The lowest BCUT2D eigenvalue weighted by Gasteiger charge is -2.42. The minimum Gasteiger partial charge on any atom is -0.452 e. The monoisotopic (exact) mass is 388 g/mol. The highest BCUT2D eigenvalue weighted by molar-refractivity contribution is 5.90. The summed E-state index contributed by atoms with van der Waals surface area (Å²) >= 11 is 0. The smallest absolute Gasteiger partial charge is 0.338 e. The maximum atomic E-state index is 12.4. The molecule has 2 aromatic carbocycles. The van der Waals surface area contributed by atoms with Gasteiger partial charge in [0.05, 0.1) is 11.1 Å². The highest BCUT2D eigenvalue weighted by atomic mass is 16.6. The third-order valence-electron chi connectivity index (χ3n) is 4.55. The fraction of sp³-hybridized carbons (Fsp3) is 0.300. The Labute approximate surface area is 160 Å². The van der Waals surface area contributed by atoms with E-state index < -0.39 is 48.6 Å². The van der Waals surface area contributed by atoms with E-state index in [1.807, 2.05) is 0 Å². The number of rotatable bonds is 4. The zero-order valence-electron chi connectivity index (χ0n) is 14.7. The second-order valence-electron chi connectivity index (χ2n) is 6.43. The molecule has 148 valence electrons. The van der Waals surface area contributed by atoms with E-state index >= 15 is 0 Å². The van der Waals surface area contributed by atoms with Gasteiger partial charge in [0.1, 0.15) is 24.4 Å². The number of carbonyl (C=O) groups excluding carboxylic acids is 2. The standard InChI is InChI=1S/C20H20O8/c21-13-14(22)16(24)18(28-20(26)12-9-5-2-6-10-12)17(15(13)23)27-19(25)11-7-3-1-4-8-11/h1-10,13-18,21-24H/t13-,14-,15+,16+,17-,18+/m0/s1. The van der Waals surface area contributed by atoms with Crippen LogP contribution in [0.25, 0.3) is 0 Å². The molecule has 0 radical (unpaired) electrons. The zero-order chi connectivity index (χ0) is 20.3. The van der Waals surface area contributed by atoms with Crippen LogP contribution in [0.1, 0.15) is 20.7 Å². The van der Waals surface area contributed by atoms with Gasteiger partial charge < -0.3 is 29.9 Å². The van der Waals surface area contributed by atoms with Gasteiger partial charge in [-0.15, -0.1) is 0 Å². The molecule has 0 heterocycles. The number of hydrogen-bond donors (Lipinski definition) is 4. The number of carbonyl (C=O) groups is 2. The molecule has 8 nitrogen and oxygen atoms in total. The lowest BCUT2D eigenvalue weighted by molar-refractivity contribution is -0.223. The molecule has 1 aliphatic rings. The summed E-state index contributed by atoms with van der Waals surface area (Å²) in [7, 11) is 0. The Balaban J connectivity index is 1.84. The zero-order valence-corrected chi connectivity index (χ0v) is 14.7. The van der Waals surface area contributed by atoms with Crippen molar-refractivity contribution < 1.29 is 39.5 Å². The van der Waals surface area contributed by atoms with Crippen molar-refractivity contribution in [3.63, 3.8) is 0 Å². The van der Waals surface area contributed by atoms with E-state index in [-0.39, 0.29) is 11.1 Å². The summed E-state index contributed by atoms with van der Waals surface area (Å²) in [4.78, 5) is 24.7. The minimum absolute atomic E-state index is 0.165. The van der Waals surface area contributed by atoms with Gasteiger partial charge >= 0.3 is 11.9 Å².